The van der Waals surface area contributed by atoms with Gasteiger partial charge in [0.05, 0.1) is 36.9 Å². The third-order valence-corrected chi connectivity index (χ3v) is 10.2. The van der Waals surface area contributed by atoms with Gasteiger partial charge in [-0.1, -0.05) is 12.1 Å². The van der Waals surface area contributed by atoms with E-state index in [1.54, 1.807) is 0 Å². The van der Waals surface area contributed by atoms with E-state index in [9.17, 15) is 79.5 Å². The number of fused-ring (bicyclic) bond motifs is 2. The van der Waals surface area contributed by atoms with E-state index in [4.69, 9.17) is 11.5 Å². The van der Waals surface area contributed by atoms with E-state index in [2.05, 4.69) is 16.0 Å². The van der Waals surface area contributed by atoms with Gasteiger partial charge in [-0.25, -0.2) is 0 Å². The van der Waals surface area contributed by atoms with Crippen LogP contribution in [0.1, 0.15) is 44.3 Å². The summed E-state index contributed by atoms with van der Waals surface area (Å²) < 4.78 is 0. The first-order chi connectivity index (χ1) is 27.1. The molecule has 3 aliphatic heterocycles. The predicted octanol–water partition coefficient (Wildman–Crippen LogP) is -8.69. The summed E-state index contributed by atoms with van der Waals surface area (Å²) in [6.07, 6.45) is -18.0. The molecule has 0 aliphatic carbocycles. The van der Waals surface area contributed by atoms with E-state index < -0.39 is 159 Å². The Bertz CT molecular complexity index is 1700. The molecule has 17 N–H and O–H groups in total. The van der Waals surface area contributed by atoms with Gasteiger partial charge in [0.25, 0.3) is 0 Å². The summed E-state index contributed by atoms with van der Waals surface area (Å²) in [5.41, 5.74) is 11.1. The molecule has 3 aliphatic rings. The lowest BCUT2D eigenvalue weighted by Crippen LogP contribution is -2.64. The highest BCUT2D eigenvalue weighted by atomic mass is 16.3. The molecule has 58 heavy (non-hydrogen) atoms. The summed E-state index contributed by atoms with van der Waals surface area (Å²) in [6, 6.07) is -7.07. The van der Waals surface area contributed by atoms with Crippen molar-refractivity contribution in [2.45, 2.75) is 118 Å². The van der Waals surface area contributed by atoms with Crippen molar-refractivity contribution >= 4 is 41.4 Å². The maximum Gasteiger partial charge on any atom is 0.248 e. The molecule has 1 aromatic rings. The second-order valence-electron chi connectivity index (χ2n) is 14.6. The Morgan fingerprint density at radius 2 is 1.36 bits per heavy atom. The van der Waals surface area contributed by atoms with Crippen LogP contribution in [0, 0.1) is 0 Å². The Balaban J connectivity index is 1.83. The molecule has 0 saturated carbocycles. The first-order valence-electron chi connectivity index (χ1n) is 18.2. The molecule has 14 atom stereocenters. The highest BCUT2D eigenvalue weighted by Gasteiger charge is 2.48. The average Bonchev–Trinajstić information content (AvgIpc) is 3.75. The molecule has 4 rings (SSSR count). The highest BCUT2D eigenvalue weighted by Crippen LogP contribution is 2.26. The number of nitrogens with zero attached hydrogens (tertiary/aromatic N) is 2. The van der Waals surface area contributed by atoms with Crippen molar-refractivity contribution in [2.24, 2.45) is 11.5 Å². The Hall–Kier alpha value is -5.05. The van der Waals surface area contributed by atoms with Gasteiger partial charge in [-0.05, 0) is 31.0 Å². The van der Waals surface area contributed by atoms with Gasteiger partial charge in [0.15, 0.2) is 6.23 Å². The van der Waals surface area contributed by atoms with Crippen molar-refractivity contribution < 1.29 is 79.5 Å². The van der Waals surface area contributed by atoms with Crippen LogP contribution in [-0.2, 0) is 33.6 Å². The number of hydrogen-bond donors (Lipinski definition) is 15. The quantitative estimate of drug-likeness (QED) is 0.121. The predicted molar refractivity (Wildman–Crippen MR) is 191 cm³/mol. The third-order valence-electron chi connectivity index (χ3n) is 10.2. The van der Waals surface area contributed by atoms with E-state index >= 15 is 0 Å². The maximum absolute atomic E-state index is 14.1. The van der Waals surface area contributed by atoms with Crippen LogP contribution in [-0.4, -0.2) is 189 Å². The number of carbonyl (C=O) groups is 7. The topological polar surface area (TPSA) is 408 Å². The SMILES string of the molecule is C[C@@H](O)[C@@H]1NC(=O)[C@@H](N)C[C@@H](O)[C@@H](O)NC(=O)[C@@H]2[C@@H](O)CCN2C(=O)[C@H]([C@H](O)CC(N)=O)NC(=O)[C@H]([C@H](O)[C@@H](O)c2ccc(O)cc2)NC(=O)[C@@H]2C[C@@H](O)CN2C1=O. The van der Waals surface area contributed by atoms with Crippen molar-refractivity contribution in [3.05, 3.63) is 29.8 Å². The van der Waals surface area contributed by atoms with Crippen molar-refractivity contribution in [3.8, 4) is 5.75 Å². The third kappa shape index (κ3) is 10.5. The Morgan fingerprint density at radius 1 is 0.776 bits per heavy atom. The fraction of sp³-hybridized carbons (Fsp3) is 0.618. The Labute approximate surface area is 329 Å². The molecule has 3 saturated heterocycles. The first kappa shape index (κ1) is 45.6. The second-order valence-corrected chi connectivity index (χ2v) is 14.6. The summed E-state index contributed by atoms with van der Waals surface area (Å²) in [4.78, 5) is 95.8. The largest absolute Gasteiger partial charge is 0.508 e. The normalized spacial score (nSPS) is 33.0. The molecular weight excluding hydrogens is 776 g/mol. The van der Waals surface area contributed by atoms with Gasteiger partial charge in [-0.15, -0.1) is 0 Å². The van der Waals surface area contributed by atoms with Crippen LogP contribution in [0.3, 0.4) is 0 Å². The molecule has 3 heterocycles. The minimum atomic E-state index is -2.33. The lowest BCUT2D eigenvalue weighted by Gasteiger charge is -2.34. The smallest absolute Gasteiger partial charge is 0.248 e. The zero-order valence-corrected chi connectivity index (χ0v) is 31.1. The number of rotatable bonds is 7. The minimum absolute atomic E-state index is 0.106. The number of nitrogens with one attached hydrogen (secondary N) is 4. The molecule has 7 amide bonds. The van der Waals surface area contributed by atoms with Gasteiger partial charge < -0.3 is 88.5 Å². The zero-order chi connectivity index (χ0) is 43.3. The van der Waals surface area contributed by atoms with E-state index in [-0.39, 0.29) is 17.7 Å². The summed E-state index contributed by atoms with van der Waals surface area (Å²) in [7, 11) is 0. The highest BCUT2D eigenvalue weighted by molar-refractivity contribution is 5.98. The number of aliphatic hydroxyl groups is 8. The molecule has 0 bridgehead atoms. The average molecular weight is 827 g/mol. The summed E-state index contributed by atoms with van der Waals surface area (Å²) in [5.74, 6) is -9.08. The van der Waals surface area contributed by atoms with E-state index in [1.165, 1.54) is 0 Å². The summed E-state index contributed by atoms with van der Waals surface area (Å²) in [5, 5.41) is 105. The van der Waals surface area contributed by atoms with Gasteiger partial charge in [0, 0.05) is 25.9 Å². The Kier molecular flexibility index (Phi) is 15.1. The molecule has 322 valence electrons. The molecule has 0 spiro atoms. The van der Waals surface area contributed by atoms with Crippen LogP contribution in [0.25, 0.3) is 0 Å². The lowest BCUT2D eigenvalue weighted by molar-refractivity contribution is -0.149. The number of hydrogen-bond acceptors (Lipinski definition) is 17. The number of aromatic hydroxyl groups is 1. The van der Waals surface area contributed by atoms with Crippen molar-refractivity contribution in [2.75, 3.05) is 13.1 Å². The van der Waals surface area contributed by atoms with Gasteiger partial charge in [0.1, 0.15) is 54.3 Å². The standard InChI is InChI=1S/C34H50N8O16/c1-12(43)22-33(57)42-11-15(45)8-17(42)29(53)39-24(27(51)26(50)13-2-4-14(44)5-3-13)31(55)38-23(19(47)10-21(36)49)34(58)41-7-6-18(46)25(41)32(56)40-30(54)20(48)9-16(35)28(52)37-22/h2-5,12,15-20,22-27,30,43-48,50-51,54H,6-11,35H2,1H3,(H2,36,49)(H,37,52)(H,38,55)(H,39,53)(H,40,56)/t12-,15-,16+,17+,18+,19-,20-,22+,23+,24+,25+,26+,27+,30-/m1/s1. The Morgan fingerprint density at radius 3 is 1.97 bits per heavy atom. The molecule has 1 aromatic carbocycles. The van der Waals surface area contributed by atoms with Gasteiger partial charge in [-0.3, -0.25) is 33.6 Å². The first-order valence-corrected chi connectivity index (χ1v) is 18.2. The van der Waals surface area contributed by atoms with Crippen molar-refractivity contribution in [1.82, 2.24) is 31.1 Å². The monoisotopic (exact) mass is 826 g/mol. The number of primary amides is 1. The number of phenols is 1. The molecule has 0 aromatic heterocycles. The molecule has 24 nitrogen and oxygen atoms in total. The van der Waals surface area contributed by atoms with E-state index in [0.717, 1.165) is 36.1 Å². The fourth-order valence-electron chi connectivity index (χ4n) is 6.97. The van der Waals surface area contributed by atoms with Gasteiger partial charge in [0.2, 0.25) is 41.4 Å². The lowest BCUT2D eigenvalue weighted by atomic mass is 9.96. The van der Waals surface area contributed by atoms with E-state index in [0.29, 0.717) is 4.90 Å². The molecule has 0 unspecified atom stereocenters. The summed E-state index contributed by atoms with van der Waals surface area (Å²) in [6.45, 7) is 0.122. The second kappa shape index (κ2) is 19.1. The van der Waals surface area contributed by atoms with Crippen LogP contribution in [0.2, 0.25) is 0 Å². The number of amides is 7. The number of nitrogens with two attached hydrogens (primary N) is 2. The van der Waals surface area contributed by atoms with Gasteiger partial charge in [-0.2, -0.15) is 0 Å². The van der Waals surface area contributed by atoms with Crippen LogP contribution >= 0.6 is 0 Å². The van der Waals surface area contributed by atoms with Crippen molar-refractivity contribution in [1.29, 1.82) is 0 Å². The molecule has 24 heteroatoms. The fourth-order valence-corrected chi connectivity index (χ4v) is 6.97. The van der Waals surface area contributed by atoms with Crippen LogP contribution < -0.4 is 32.7 Å². The van der Waals surface area contributed by atoms with E-state index in [1.807, 2.05) is 5.32 Å². The van der Waals surface area contributed by atoms with Crippen molar-refractivity contribution in [3.63, 3.8) is 0 Å². The number of carbonyl (C=O) groups excluding carboxylic acids is 7. The molecule has 3 fully saturated rings. The molecular formula is C34H50N8O16. The molecule has 0 radical (unpaired) electrons. The number of benzene rings is 1. The maximum atomic E-state index is 14.1. The van der Waals surface area contributed by atoms with Crippen LogP contribution in [0.4, 0.5) is 0 Å². The minimum Gasteiger partial charge on any atom is -0.508 e. The van der Waals surface area contributed by atoms with Gasteiger partial charge >= 0.3 is 0 Å². The summed E-state index contributed by atoms with van der Waals surface area (Å²) >= 11 is 0. The number of phenolic OH excluding ortho intramolecular Hbond substituents is 1. The number of aliphatic hydroxyl groups excluding tert-OH is 8. The van der Waals surface area contributed by atoms with Crippen LogP contribution in [0.15, 0.2) is 24.3 Å². The van der Waals surface area contributed by atoms with Crippen LogP contribution in [0.5, 0.6) is 5.75 Å². The zero-order valence-electron chi connectivity index (χ0n) is 31.1.